The molecule has 8 heteroatoms. The largest absolute Gasteiger partial charge is 0.452 e. The van der Waals surface area contributed by atoms with E-state index >= 15 is 0 Å². The standard InChI is InChI=1S/C62H42N2O2.C26H14Br2O2.C19H16/c1-5-15-43(16-6-1)45-25-33-51(34-26-45)63(49-19-9-3-10-20-49)53-37-29-47(30-38-53)59-41-57-55-23-13-14-24-56(55)58-42-60(66-62(58)61(57)65-59)48-31-39-54(40-32-48)64(50-21-11-4-12-22-50)52-35-27-46(28-36-52)44-17-7-2-8-18-44;27-17-9-5-15(6-10-17)23-13-21-19-3-1-2-4-20(19)22-14-24(30-26(22)25(21)29-23)16-7-11-18(28)12-8-16;1-3-7-16(8-4-1)15-17-11-13-19(14-12-17)18-9-5-2-6-10-18/h1-42H;1-14H;1-14H,15H2. The van der Waals surface area contributed by atoms with E-state index in [1.54, 1.807) is 0 Å². The monoisotopic (exact) mass is 1610 g/mol. The van der Waals surface area contributed by atoms with Crippen molar-refractivity contribution >= 4 is 131 Å². The Hall–Kier alpha value is -14.0. The third kappa shape index (κ3) is 14.9. The van der Waals surface area contributed by atoms with Gasteiger partial charge >= 0.3 is 0 Å². The molecule has 0 fully saturated rings. The molecule has 21 aromatic rings. The van der Waals surface area contributed by atoms with Gasteiger partial charge in [-0.2, -0.15) is 0 Å². The molecule has 0 radical (unpaired) electrons. The van der Waals surface area contributed by atoms with Crippen LogP contribution in [0.25, 0.3) is 144 Å². The Morgan fingerprint density at radius 2 is 0.374 bits per heavy atom. The van der Waals surface area contributed by atoms with Gasteiger partial charge in [0.2, 0.25) is 0 Å². The van der Waals surface area contributed by atoms with Gasteiger partial charge in [-0.3, -0.25) is 0 Å². The molecule has 0 N–H and O–H groups in total. The smallest absolute Gasteiger partial charge is 0.178 e. The Labute approximate surface area is 683 Å². The van der Waals surface area contributed by atoms with Crippen LogP contribution >= 0.6 is 31.9 Å². The molecule has 0 atom stereocenters. The molecule has 0 aliphatic carbocycles. The molecule has 0 amide bonds. The minimum atomic E-state index is 0.740. The van der Waals surface area contributed by atoms with Gasteiger partial charge in [-0.05, 0) is 218 Å². The summed E-state index contributed by atoms with van der Waals surface area (Å²) in [6, 6.07) is 148. The molecule has 4 aromatic heterocycles. The van der Waals surface area contributed by atoms with Crippen LogP contribution in [0.3, 0.4) is 0 Å². The topological polar surface area (TPSA) is 59.0 Å². The summed E-state index contributed by atoms with van der Waals surface area (Å²) in [7, 11) is 0. The van der Waals surface area contributed by atoms with Crippen molar-refractivity contribution in [3.8, 4) is 78.7 Å². The summed E-state index contributed by atoms with van der Waals surface area (Å²) < 4.78 is 28.5. The average Bonchev–Trinajstić information content (AvgIpc) is 1.59. The number of hydrogen-bond donors (Lipinski definition) is 0. The number of para-hydroxylation sites is 2. The van der Waals surface area contributed by atoms with E-state index < -0.39 is 0 Å². The lowest BCUT2D eigenvalue weighted by Gasteiger charge is -2.25. The van der Waals surface area contributed by atoms with Gasteiger partial charge in [0.25, 0.3) is 0 Å². The van der Waals surface area contributed by atoms with Crippen molar-refractivity contribution in [1.82, 2.24) is 0 Å². The maximum atomic E-state index is 6.82. The molecule has 0 saturated heterocycles. The van der Waals surface area contributed by atoms with E-state index in [-0.39, 0.29) is 0 Å². The highest BCUT2D eigenvalue weighted by Crippen LogP contribution is 2.47. The molecule has 4 heterocycles. The van der Waals surface area contributed by atoms with Crippen LogP contribution in [0.5, 0.6) is 0 Å². The van der Waals surface area contributed by atoms with E-state index in [4.69, 9.17) is 17.7 Å². The fourth-order valence-electron chi connectivity index (χ4n) is 15.5. The number of nitrogens with zero attached hydrogens (tertiary/aromatic N) is 2. The SMILES string of the molecule is Brc1ccc(-c2cc3c4ccccc4c4cc(-c5ccc(Br)cc5)oc4c3o2)cc1.c1ccc(-c2ccc(N(c3ccccc3)c3ccc(-c4cc5c6ccccc6c6cc(-c7ccc(N(c8ccccc8)c8ccc(-c9ccccc9)cc8)cc7)oc6c5o4)cc3)cc2)cc1.c1ccc(Cc2ccc(-c3ccccc3)cc2)cc1. The second kappa shape index (κ2) is 32.0. The van der Waals surface area contributed by atoms with Gasteiger partial charge < -0.3 is 27.5 Å². The summed E-state index contributed by atoms with van der Waals surface area (Å²) in [5.41, 5.74) is 23.5. The van der Waals surface area contributed by atoms with Crippen molar-refractivity contribution in [2.75, 3.05) is 9.80 Å². The van der Waals surface area contributed by atoms with E-state index in [2.05, 4.69) is 424 Å². The summed E-state index contributed by atoms with van der Waals surface area (Å²) in [5.74, 6) is 3.23. The first-order valence-electron chi connectivity index (χ1n) is 38.5. The quantitative estimate of drug-likeness (QED) is 0.102. The normalized spacial score (nSPS) is 11.3. The average molecular weight is 1610 g/mol. The predicted octanol–water partition coefficient (Wildman–Crippen LogP) is 32.1. The van der Waals surface area contributed by atoms with Crippen LogP contribution in [0.15, 0.2) is 451 Å². The van der Waals surface area contributed by atoms with Gasteiger partial charge in [0.15, 0.2) is 22.3 Å². The summed E-state index contributed by atoms with van der Waals surface area (Å²) in [5, 5.41) is 8.75. The maximum Gasteiger partial charge on any atom is 0.178 e. The summed E-state index contributed by atoms with van der Waals surface area (Å²) in [6.45, 7) is 0. The minimum absolute atomic E-state index is 0.740. The van der Waals surface area contributed by atoms with Gasteiger partial charge in [-0.15, -0.1) is 0 Å². The second-order valence-electron chi connectivity index (χ2n) is 28.5. The molecule has 17 aromatic carbocycles. The van der Waals surface area contributed by atoms with Crippen molar-refractivity contribution in [2.24, 2.45) is 0 Å². The number of hydrogen-bond acceptors (Lipinski definition) is 6. The third-order valence-electron chi connectivity index (χ3n) is 21.2. The Bertz CT molecular complexity index is 6550. The van der Waals surface area contributed by atoms with Crippen LogP contribution in [-0.4, -0.2) is 0 Å². The number of benzene rings is 17. The Balaban J connectivity index is 0.000000146. The Morgan fingerprint density at radius 1 is 0.174 bits per heavy atom. The summed E-state index contributed by atoms with van der Waals surface area (Å²) >= 11 is 7.00. The second-order valence-corrected chi connectivity index (χ2v) is 30.3. The van der Waals surface area contributed by atoms with Crippen molar-refractivity contribution in [1.29, 1.82) is 0 Å². The van der Waals surface area contributed by atoms with Gasteiger partial charge in [0.05, 0.1) is 0 Å². The van der Waals surface area contributed by atoms with E-state index in [9.17, 15) is 0 Å². The molecule has 115 heavy (non-hydrogen) atoms. The molecular formula is C107H72Br2N2O4. The van der Waals surface area contributed by atoms with Gasteiger partial charge in [0.1, 0.15) is 23.0 Å². The highest BCUT2D eigenvalue weighted by Gasteiger charge is 2.23. The number of rotatable bonds is 15. The third-order valence-corrected chi connectivity index (χ3v) is 22.3. The van der Waals surface area contributed by atoms with Crippen LogP contribution in [0.1, 0.15) is 11.1 Å². The van der Waals surface area contributed by atoms with Gasteiger partial charge in [0, 0.05) is 86.9 Å². The molecule has 0 unspecified atom stereocenters. The number of anilines is 6. The van der Waals surface area contributed by atoms with Crippen molar-refractivity contribution < 1.29 is 17.7 Å². The molecule has 0 bridgehead atoms. The number of furan rings is 4. The highest BCUT2D eigenvalue weighted by atomic mass is 79.9. The van der Waals surface area contributed by atoms with E-state index in [1.807, 2.05) is 42.5 Å². The summed E-state index contributed by atoms with van der Waals surface area (Å²) in [4.78, 5) is 4.57. The van der Waals surface area contributed by atoms with Crippen LogP contribution in [-0.2, 0) is 6.42 Å². The van der Waals surface area contributed by atoms with Gasteiger partial charge in [-0.25, -0.2) is 0 Å². The first kappa shape index (κ1) is 71.3. The van der Waals surface area contributed by atoms with Crippen LogP contribution in [0.4, 0.5) is 34.1 Å². The summed E-state index contributed by atoms with van der Waals surface area (Å²) in [6.07, 6.45) is 0.996. The number of fused-ring (bicyclic) bond motifs is 12. The Morgan fingerprint density at radius 3 is 0.652 bits per heavy atom. The molecule has 0 aliphatic rings. The van der Waals surface area contributed by atoms with E-state index in [0.717, 1.165) is 160 Å². The zero-order valence-corrected chi connectivity index (χ0v) is 65.6. The number of halogens is 2. The van der Waals surface area contributed by atoms with Crippen molar-refractivity contribution in [3.63, 3.8) is 0 Å². The van der Waals surface area contributed by atoms with Crippen LogP contribution < -0.4 is 9.80 Å². The predicted molar refractivity (Wildman–Crippen MR) is 485 cm³/mol. The molecule has 6 nitrogen and oxygen atoms in total. The highest BCUT2D eigenvalue weighted by molar-refractivity contribution is 9.10. The Kier molecular flexibility index (Phi) is 19.8. The maximum absolute atomic E-state index is 6.82. The molecule has 0 spiro atoms. The fourth-order valence-corrected chi connectivity index (χ4v) is 16.0. The van der Waals surface area contributed by atoms with Gasteiger partial charge in [-0.1, -0.05) is 311 Å². The van der Waals surface area contributed by atoms with Crippen molar-refractivity contribution in [2.45, 2.75) is 6.42 Å². The fraction of sp³-hybridized carbons (Fsp3) is 0.00935. The van der Waals surface area contributed by atoms with E-state index in [1.165, 1.54) is 44.5 Å². The molecule has 548 valence electrons. The minimum Gasteiger partial charge on any atom is -0.452 e. The molecular weight excluding hydrogens is 1540 g/mol. The first-order chi connectivity index (χ1) is 56.8. The lowest BCUT2D eigenvalue weighted by molar-refractivity contribution is 0.598. The lowest BCUT2D eigenvalue weighted by atomic mass is 10.0. The molecule has 0 saturated carbocycles. The first-order valence-corrected chi connectivity index (χ1v) is 40.1. The van der Waals surface area contributed by atoms with Crippen LogP contribution in [0, 0.1) is 0 Å². The van der Waals surface area contributed by atoms with Crippen molar-refractivity contribution in [3.05, 3.63) is 445 Å². The lowest BCUT2D eigenvalue weighted by Crippen LogP contribution is -2.09. The molecule has 0 aliphatic heterocycles. The zero-order valence-electron chi connectivity index (χ0n) is 62.4. The van der Waals surface area contributed by atoms with E-state index in [0.29, 0.717) is 0 Å². The zero-order chi connectivity index (χ0) is 77.0. The van der Waals surface area contributed by atoms with Crippen LogP contribution in [0.2, 0.25) is 0 Å². The molecule has 21 rings (SSSR count).